The summed E-state index contributed by atoms with van der Waals surface area (Å²) in [6.07, 6.45) is 3.96. The van der Waals surface area contributed by atoms with Crippen LogP contribution in [0.3, 0.4) is 0 Å². The summed E-state index contributed by atoms with van der Waals surface area (Å²) in [5.41, 5.74) is 3.11. The van der Waals surface area contributed by atoms with E-state index in [9.17, 15) is 0 Å². The summed E-state index contributed by atoms with van der Waals surface area (Å²) < 4.78 is 2.22. The van der Waals surface area contributed by atoms with Gasteiger partial charge in [0.25, 0.3) is 0 Å². The third-order valence-electron chi connectivity index (χ3n) is 3.84. The summed E-state index contributed by atoms with van der Waals surface area (Å²) in [5.74, 6) is 1.18. The smallest absolute Gasteiger partial charge is 0.122 e. The lowest BCUT2D eigenvalue weighted by Gasteiger charge is -2.34. The van der Waals surface area contributed by atoms with Gasteiger partial charge in [-0.15, -0.1) is 11.3 Å². The molecule has 3 rings (SSSR count). The van der Waals surface area contributed by atoms with Crippen LogP contribution in [0.25, 0.3) is 0 Å². The van der Waals surface area contributed by atoms with Crippen molar-refractivity contribution in [1.82, 2.24) is 24.3 Å². The Morgan fingerprint density at radius 1 is 1.10 bits per heavy atom. The second-order valence-electron chi connectivity index (χ2n) is 5.16. The third-order valence-corrected chi connectivity index (χ3v) is 4.48. The lowest BCUT2D eigenvalue weighted by atomic mass is 10.3. The number of aryl methyl sites for hydroxylation is 1. The summed E-state index contributed by atoms with van der Waals surface area (Å²) >= 11 is 1.68. The average Bonchev–Trinajstić information content (AvgIpc) is 3.12. The highest BCUT2D eigenvalue weighted by Crippen LogP contribution is 2.11. The fourth-order valence-corrected chi connectivity index (χ4v) is 3.18. The molecule has 1 aliphatic rings. The van der Waals surface area contributed by atoms with Crippen molar-refractivity contribution < 1.29 is 0 Å². The van der Waals surface area contributed by atoms with E-state index in [0.717, 1.165) is 45.8 Å². The van der Waals surface area contributed by atoms with Crippen LogP contribution < -0.4 is 0 Å². The second-order valence-corrected chi connectivity index (χ2v) is 5.88. The number of rotatable bonds is 5. The van der Waals surface area contributed by atoms with Gasteiger partial charge in [-0.05, 0) is 6.92 Å². The zero-order valence-electron chi connectivity index (χ0n) is 11.9. The normalized spacial score (nSPS) is 17.6. The highest BCUT2D eigenvalue weighted by atomic mass is 32.1. The van der Waals surface area contributed by atoms with Crippen LogP contribution in [0.2, 0.25) is 0 Å². The molecule has 1 saturated heterocycles. The summed E-state index contributed by atoms with van der Waals surface area (Å²) in [4.78, 5) is 13.8. The van der Waals surface area contributed by atoms with Crippen LogP contribution in [0, 0.1) is 0 Å². The molecular weight excluding hydrogens is 270 g/mol. The lowest BCUT2D eigenvalue weighted by molar-refractivity contribution is 0.118. The van der Waals surface area contributed by atoms with Crippen LogP contribution >= 0.6 is 11.3 Å². The topological polar surface area (TPSA) is 37.2 Å². The summed E-state index contributed by atoms with van der Waals surface area (Å²) in [5, 5.41) is 2.14. The predicted octanol–water partition coefficient (Wildman–Crippen LogP) is 1.68. The molecule has 0 aliphatic carbocycles. The number of aromatic nitrogens is 3. The molecule has 0 aromatic carbocycles. The minimum absolute atomic E-state index is 0.964. The first-order chi connectivity index (χ1) is 9.85. The Labute approximate surface area is 123 Å². The molecule has 3 heterocycles. The van der Waals surface area contributed by atoms with Crippen molar-refractivity contribution in [2.24, 2.45) is 0 Å². The highest BCUT2D eigenvalue weighted by Gasteiger charge is 2.18. The van der Waals surface area contributed by atoms with Crippen LogP contribution in [0.1, 0.15) is 18.4 Å². The maximum Gasteiger partial charge on any atom is 0.122 e. The highest BCUT2D eigenvalue weighted by molar-refractivity contribution is 7.07. The van der Waals surface area contributed by atoms with Crippen LogP contribution in [-0.4, -0.2) is 50.5 Å². The molecule has 2 aromatic rings. The molecule has 20 heavy (non-hydrogen) atoms. The molecule has 0 spiro atoms. The molecule has 2 aromatic heterocycles. The van der Waals surface area contributed by atoms with E-state index in [0.29, 0.717) is 0 Å². The Morgan fingerprint density at radius 2 is 1.85 bits per heavy atom. The minimum atomic E-state index is 0.964. The molecular formula is C14H21N5S. The zero-order valence-corrected chi connectivity index (χ0v) is 12.7. The van der Waals surface area contributed by atoms with Crippen molar-refractivity contribution in [3.63, 3.8) is 0 Å². The van der Waals surface area contributed by atoms with Crippen molar-refractivity contribution in [3.8, 4) is 0 Å². The van der Waals surface area contributed by atoms with Gasteiger partial charge in [-0.2, -0.15) is 0 Å². The molecule has 108 valence electrons. The van der Waals surface area contributed by atoms with E-state index in [-0.39, 0.29) is 0 Å². The van der Waals surface area contributed by atoms with Gasteiger partial charge >= 0.3 is 0 Å². The molecule has 0 bridgehead atoms. The Morgan fingerprint density at radius 3 is 2.50 bits per heavy atom. The molecule has 0 atom stereocenters. The largest absolute Gasteiger partial charge is 0.334 e. The van der Waals surface area contributed by atoms with Gasteiger partial charge in [0, 0.05) is 57.0 Å². The van der Waals surface area contributed by atoms with Crippen molar-refractivity contribution >= 4 is 11.3 Å². The number of imidazole rings is 1. The molecule has 1 aliphatic heterocycles. The summed E-state index contributed by atoms with van der Waals surface area (Å²) in [6.45, 7) is 9.57. The van der Waals surface area contributed by atoms with E-state index in [1.54, 1.807) is 11.3 Å². The monoisotopic (exact) mass is 291 g/mol. The van der Waals surface area contributed by atoms with E-state index < -0.39 is 0 Å². The molecule has 6 heteroatoms. The van der Waals surface area contributed by atoms with Gasteiger partial charge in [0.05, 0.1) is 17.7 Å². The molecule has 0 unspecified atom stereocenters. The van der Waals surface area contributed by atoms with Crippen molar-refractivity contribution in [2.75, 3.05) is 26.2 Å². The van der Waals surface area contributed by atoms with Gasteiger partial charge in [0.1, 0.15) is 5.82 Å². The number of piperazine rings is 1. The Hall–Kier alpha value is -1.24. The first-order valence-electron chi connectivity index (χ1n) is 7.17. The third kappa shape index (κ3) is 3.26. The average molecular weight is 291 g/mol. The Bertz CT molecular complexity index is 513. The van der Waals surface area contributed by atoms with E-state index in [2.05, 4.69) is 42.8 Å². The molecule has 5 nitrogen and oxygen atoms in total. The lowest BCUT2D eigenvalue weighted by Crippen LogP contribution is -2.45. The van der Waals surface area contributed by atoms with E-state index in [1.165, 1.54) is 11.5 Å². The van der Waals surface area contributed by atoms with E-state index >= 15 is 0 Å². The summed E-state index contributed by atoms with van der Waals surface area (Å²) in [7, 11) is 0. The van der Waals surface area contributed by atoms with Crippen LogP contribution in [0.15, 0.2) is 23.3 Å². The van der Waals surface area contributed by atoms with Gasteiger partial charge in [0.15, 0.2) is 0 Å². The molecule has 0 saturated carbocycles. The van der Waals surface area contributed by atoms with Gasteiger partial charge in [-0.1, -0.05) is 0 Å². The van der Waals surface area contributed by atoms with E-state index in [4.69, 9.17) is 0 Å². The molecule has 0 amide bonds. The molecule has 1 fully saturated rings. The van der Waals surface area contributed by atoms with Crippen molar-refractivity contribution in [2.45, 2.75) is 26.6 Å². The maximum atomic E-state index is 4.46. The van der Waals surface area contributed by atoms with Crippen molar-refractivity contribution in [3.05, 3.63) is 34.8 Å². The maximum absolute atomic E-state index is 4.46. The number of nitrogens with zero attached hydrogens (tertiary/aromatic N) is 5. The quantitative estimate of drug-likeness (QED) is 0.840. The van der Waals surface area contributed by atoms with Gasteiger partial charge in [-0.25, -0.2) is 9.97 Å². The van der Waals surface area contributed by atoms with Crippen LogP contribution in [0.5, 0.6) is 0 Å². The Balaban J connectivity index is 1.49. The first kappa shape index (κ1) is 13.7. The molecule has 0 N–H and O–H groups in total. The van der Waals surface area contributed by atoms with Gasteiger partial charge < -0.3 is 4.57 Å². The first-order valence-corrected chi connectivity index (χ1v) is 8.11. The zero-order chi connectivity index (χ0) is 13.8. The van der Waals surface area contributed by atoms with Crippen molar-refractivity contribution in [1.29, 1.82) is 0 Å². The number of hydrogen-bond acceptors (Lipinski definition) is 5. The predicted molar refractivity (Wildman–Crippen MR) is 80.6 cm³/mol. The SMILES string of the molecule is CCn1ccnc1CN1CCN(Cc2cscn2)CC1. The second kappa shape index (κ2) is 6.47. The number of hydrogen-bond donors (Lipinski definition) is 0. The van der Waals surface area contributed by atoms with Crippen LogP contribution in [-0.2, 0) is 19.6 Å². The standard InChI is InChI=1S/C14H21N5S/c1-2-19-4-3-15-14(19)10-18-7-5-17(6-8-18)9-13-11-20-12-16-13/h3-4,11-12H,2,5-10H2,1H3. The van der Waals surface area contributed by atoms with E-state index in [1.807, 2.05) is 11.7 Å². The fraction of sp³-hybridized carbons (Fsp3) is 0.571. The fourth-order valence-electron chi connectivity index (χ4n) is 2.63. The summed E-state index contributed by atoms with van der Waals surface area (Å²) in [6, 6.07) is 0. The van der Waals surface area contributed by atoms with Gasteiger partial charge in [-0.3, -0.25) is 9.80 Å². The molecule has 0 radical (unpaired) electrons. The van der Waals surface area contributed by atoms with Gasteiger partial charge in [0.2, 0.25) is 0 Å². The Kier molecular flexibility index (Phi) is 4.44. The number of thiazole rings is 1. The van der Waals surface area contributed by atoms with Crippen LogP contribution in [0.4, 0.5) is 0 Å². The minimum Gasteiger partial charge on any atom is -0.334 e.